The molecular weight excluding hydrogens is 357 g/mol. The fourth-order valence-electron chi connectivity index (χ4n) is 1.97. The zero-order valence-electron chi connectivity index (χ0n) is 11.9. The topological polar surface area (TPSA) is 79.9 Å². The molecule has 0 aromatic rings. The normalized spacial score (nSPS) is 18.7. The number of rotatable bonds is 7. The number of guanidine groups is 1. The van der Waals surface area contributed by atoms with Gasteiger partial charge < -0.3 is 20.9 Å². The van der Waals surface area contributed by atoms with Gasteiger partial charge in [0.05, 0.1) is 12.1 Å². The highest BCUT2D eigenvalue weighted by molar-refractivity contribution is 14.0. The molecule has 114 valence electrons. The van der Waals surface area contributed by atoms with Crippen LogP contribution in [-0.4, -0.2) is 43.0 Å². The van der Waals surface area contributed by atoms with Crippen molar-refractivity contribution >= 4 is 29.9 Å². The largest absolute Gasteiger partial charge is 0.388 e. The molecule has 1 aliphatic rings. The van der Waals surface area contributed by atoms with E-state index < -0.39 is 5.60 Å². The molecule has 6 heteroatoms. The average molecular weight is 385 g/mol. The van der Waals surface area contributed by atoms with Crippen LogP contribution < -0.4 is 11.1 Å². The zero-order chi connectivity index (χ0) is 13.3. The quantitative estimate of drug-likeness (QED) is 0.269. The summed E-state index contributed by atoms with van der Waals surface area (Å²) in [5.74, 6) is 0.436. The predicted octanol–water partition coefficient (Wildman–Crippen LogP) is 1.63. The van der Waals surface area contributed by atoms with Gasteiger partial charge in [-0.3, -0.25) is 4.99 Å². The van der Waals surface area contributed by atoms with E-state index in [1.807, 2.05) is 0 Å². The van der Waals surface area contributed by atoms with Crippen LogP contribution in [-0.2, 0) is 4.74 Å². The number of hydrogen-bond acceptors (Lipinski definition) is 3. The molecule has 0 spiro atoms. The second kappa shape index (κ2) is 10.7. The molecule has 0 amide bonds. The second-order valence-electron chi connectivity index (χ2n) is 5.03. The van der Waals surface area contributed by atoms with Gasteiger partial charge in [-0.1, -0.05) is 26.2 Å². The lowest BCUT2D eigenvalue weighted by Gasteiger charge is -2.30. The molecule has 0 atom stereocenters. The van der Waals surface area contributed by atoms with Gasteiger partial charge in [0.2, 0.25) is 0 Å². The van der Waals surface area contributed by atoms with E-state index in [2.05, 4.69) is 17.2 Å². The Labute approximate surface area is 133 Å². The first-order valence-corrected chi connectivity index (χ1v) is 7.00. The number of hydrogen-bond donors (Lipinski definition) is 3. The first-order chi connectivity index (χ1) is 8.66. The van der Waals surface area contributed by atoms with E-state index in [9.17, 15) is 5.11 Å². The summed E-state index contributed by atoms with van der Waals surface area (Å²) in [5, 5.41) is 13.3. The van der Waals surface area contributed by atoms with Crippen molar-refractivity contribution in [3.05, 3.63) is 0 Å². The van der Waals surface area contributed by atoms with Gasteiger partial charge in [0, 0.05) is 32.6 Å². The Hall–Kier alpha value is -0.0800. The monoisotopic (exact) mass is 385 g/mol. The van der Waals surface area contributed by atoms with Gasteiger partial charge >= 0.3 is 0 Å². The van der Waals surface area contributed by atoms with Crippen molar-refractivity contribution in [2.45, 2.75) is 51.0 Å². The molecule has 5 nitrogen and oxygen atoms in total. The molecule has 0 aromatic heterocycles. The first kappa shape index (κ1) is 18.9. The molecule has 0 saturated carbocycles. The number of aliphatic hydroxyl groups is 1. The van der Waals surface area contributed by atoms with E-state index in [1.165, 1.54) is 19.3 Å². The van der Waals surface area contributed by atoms with Crippen LogP contribution in [0.15, 0.2) is 4.99 Å². The van der Waals surface area contributed by atoms with E-state index in [1.54, 1.807) is 0 Å². The molecule has 0 radical (unpaired) electrons. The molecule has 1 saturated heterocycles. The van der Waals surface area contributed by atoms with Crippen LogP contribution in [0.1, 0.15) is 45.4 Å². The zero-order valence-corrected chi connectivity index (χ0v) is 14.2. The minimum absolute atomic E-state index is 0. The van der Waals surface area contributed by atoms with Crippen LogP contribution in [0.4, 0.5) is 0 Å². The number of halogens is 1. The number of nitrogens with zero attached hydrogens (tertiary/aromatic N) is 1. The molecule has 19 heavy (non-hydrogen) atoms. The highest BCUT2D eigenvalue weighted by Gasteiger charge is 2.29. The number of ether oxygens (including phenoxy) is 1. The number of aliphatic imine (C=N–C) groups is 1. The number of unbranched alkanes of at least 4 members (excludes halogenated alkanes) is 3. The van der Waals surface area contributed by atoms with Crippen LogP contribution in [0.25, 0.3) is 0 Å². The lowest BCUT2D eigenvalue weighted by molar-refractivity contribution is -0.0565. The van der Waals surface area contributed by atoms with Crippen molar-refractivity contribution in [2.24, 2.45) is 10.7 Å². The number of nitrogens with one attached hydrogen (secondary N) is 1. The number of nitrogens with two attached hydrogens (primary N) is 1. The summed E-state index contributed by atoms with van der Waals surface area (Å²) in [6.45, 7) is 4.63. The average Bonchev–Trinajstić information content (AvgIpc) is 2.37. The lowest BCUT2D eigenvalue weighted by atomic mass is 9.95. The third-order valence-corrected chi connectivity index (χ3v) is 3.30. The van der Waals surface area contributed by atoms with Gasteiger partial charge in [0.25, 0.3) is 0 Å². The highest BCUT2D eigenvalue weighted by atomic mass is 127. The van der Waals surface area contributed by atoms with Gasteiger partial charge in [0.15, 0.2) is 5.96 Å². The third-order valence-electron chi connectivity index (χ3n) is 3.30. The van der Waals surface area contributed by atoms with Crippen LogP contribution in [0.2, 0.25) is 0 Å². The molecule has 4 N–H and O–H groups in total. The molecular formula is C13H28IN3O2. The van der Waals surface area contributed by atoms with Gasteiger partial charge in [0.1, 0.15) is 0 Å². The Morgan fingerprint density at radius 2 is 2.00 bits per heavy atom. The molecule has 1 heterocycles. The van der Waals surface area contributed by atoms with E-state index in [0.717, 1.165) is 13.0 Å². The summed E-state index contributed by atoms with van der Waals surface area (Å²) >= 11 is 0. The molecule has 1 rings (SSSR count). The Kier molecular flexibility index (Phi) is 10.6. The fourth-order valence-corrected chi connectivity index (χ4v) is 1.97. The van der Waals surface area contributed by atoms with Crippen LogP contribution in [0, 0.1) is 0 Å². The van der Waals surface area contributed by atoms with E-state index >= 15 is 0 Å². The standard InChI is InChI=1S/C13H27N3O2.HI/c1-2-3-4-5-8-15-12(14)16-11-13(17)6-9-18-10-7-13;/h17H,2-11H2,1H3,(H3,14,15,16);1H. The first-order valence-electron chi connectivity index (χ1n) is 7.00. The van der Waals surface area contributed by atoms with Crippen LogP contribution in [0.3, 0.4) is 0 Å². The summed E-state index contributed by atoms with van der Waals surface area (Å²) in [7, 11) is 0. The minimum Gasteiger partial charge on any atom is -0.388 e. The van der Waals surface area contributed by atoms with Crippen molar-refractivity contribution in [3.63, 3.8) is 0 Å². The molecule has 0 unspecified atom stereocenters. The second-order valence-corrected chi connectivity index (χ2v) is 5.03. The van der Waals surface area contributed by atoms with Crippen molar-refractivity contribution in [1.29, 1.82) is 0 Å². The summed E-state index contributed by atoms with van der Waals surface area (Å²) in [6.07, 6.45) is 6.11. The van der Waals surface area contributed by atoms with Crippen molar-refractivity contribution < 1.29 is 9.84 Å². The molecule has 0 aliphatic carbocycles. The summed E-state index contributed by atoms with van der Waals surface area (Å²) in [5.41, 5.74) is 5.03. The molecule has 1 fully saturated rings. The molecule has 1 aliphatic heterocycles. The molecule has 0 bridgehead atoms. The van der Waals surface area contributed by atoms with E-state index in [4.69, 9.17) is 10.5 Å². The summed E-state index contributed by atoms with van der Waals surface area (Å²) < 4.78 is 5.22. The van der Waals surface area contributed by atoms with E-state index in [0.29, 0.717) is 38.6 Å². The highest BCUT2D eigenvalue weighted by Crippen LogP contribution is 2.20. The van der Waals surface area contributed by atoms with Crippen molar-refractivity contribution in [2.75, 3.05) is 26.3 Å². The maximum Gasteiger partial charge on any atom is 0.188 e. The Bertz CT molecular complexity index is 256. The maximum absolute atomic E-state index is 10.2. The summed E-state index contributed by atoms with van der Waals surface area (Å²) in [6, 6.07) is 0. The van der Waals surface area contributed by atoms with Crippen LogP contribution in [0.5, 0.6) is 0 Å². The third kappa shape index (κ3) is 8.65. The van der Waals surface area contributed by atoms with Gasteiger partial charge in [-0.25, -0.2) is 0 Å². The Morgan fingerprint density at radius 1 is 1.32 bits per heavy atom. The fraction of sp³-hybridized carbons (Fsp3) is 0.923. The van der Waals surface area contributed by atoms with Crippen LogP contribution >= 0.6 is 24.0 Å². The van der Waals surface area contributed by atoms with Gasteiger partial charge in [-0.2, -0.15) is 0 Å². The Balaban J connectivity index is 0.00000324. The molecule has 0 aromatic carbocycles. The lowest BCUT2D eigenvalue weighted by Crippen LogP contribution is -2.41. The Morgan fingerprint density at radius 3 is 2.63 bits per heavy atom. The van der Waals surface area contributed by atoms with Crippen molar-refractivity contribution in [1.82, 2.24) is 5.32 Å². The predicted molar refractivity (Wildman–Crippen MR) is 89.1 cm³/mol. The van der Waals surface area contributed by atoms with Gasteiger partial charge in [-0.05, 0) is 6.42 Å². The van der Waals surface area contributed by atoms with Gasteiger partial charge in [-0.15, -0.1) is 24.0 Å². The maximum atomic E-state index is 10.2. The van der Waals surface area contributed by atoms with Crippen molar-refractivity contribution in [3.8, 4) is 0 Å². The van der Waals surface area contributed by atoms with E-state index in [-0.39, 0.29) is 24.0 Å². The summed E-state index contributed by atoms with van der Waals surface area (Å²) in [4.78, 5) is 4.22. The minimum atomic E-state index is -0.729. The smallest absolute Gasteiger partial charge is 0.188 e. The SMILES string of the molecule is CCCCCCNC(N)=NCC1(O)CCOCC1.I.